The summed E-state index contributed by atoms with van der Waals surface area (Å²) in [6.07, 6.45) is 1.04. The number of hydrogen-bond acceptors (Lipinski definition) is 2. The van der Waals surface area contributed by atoms with Crippen LogP contribution in [0.1, 0.15) is 43.5 Å². The molecule has 0 fully saturated rings. The molecule has 0 radical (unpaired) electrons. The second-order valence-electron chi connectivity index (χ2n) is 6.18. The van der Waals surface area contributed by atoms with E-state index in [0.717, 1.165) is 6.42 Å². The van der Waals surface area contributed by atoms with Gasteiger partial charge in [0.05, 0.1) is 2.88 Å². The van der Waals surface area contributed by atoms with Crippen molar-refractivity contribution in [1.82, 2.24) is 5.32 Å². The number of rotatable bonds is 4. The lowest BCUT2D eigenvalue weighted by Crippen LogP contribution is -2.18. The van der Waals surface area contributed by atoms with Gasteiger partial charge >= 0.3 is 0 Å². The Morgan fingerprint density at radius 2 is 1.85 bits per heavy atom. The maximum absolute atomic E-state index is 3.43. The molecule has 0 aliphatic rings. The molecule has 0 bridgehead atoms. The molecule has 0 amide bonds. The van der Waals surface area contributed by atoms with E-state index in [2.05, 4.69) is 84.4 Å². The summed E-state index contributed by atoms with van der Waals surface area (Å²) in [7, 11) is 2.04. The second kappa shape index (κ2) is 6.58. The Bertz CT molecular complexity index is 551. The fourth-order valence-corrected chi connectivity index (χ4v) is 3.70. The zero-order valence-electron chi connectivity index (χ0n) is 12.5. The van der Waals surface area contributed by atoms with Crippen molar-refractivity contribution in [3.05, 3.63) is 55.3 Å². The highest BCUT2D eigenvalue weighted by Gasteiger charge is 2.15. The summed E-state index contributed by atoms with van der Waals surface area (Å²) in [4.78, 5) is 0. The van der Waals surface area contributed by atoms with Gasteiger partial charge in [0.15, 0.2) is 0 Å². The van der Waals surface area contributed by atoms with Crippen LogP contribution in [0.4, 0.5) is 0 Å². The summed E-state index contributed by atoms with van der Waals surface area (Å²) in [6.45, 7) is 6.77. The molecule has 0 spiro atoms. The third-order valence-electron chi connectivity index (χ3n) is 3.60. The smallest absolute Gasteiger partial charge is 0.0656 e. The minimum absolute atomic E-state index is 0.227. The Hall–Kier alpha value is -0.390. The third-order valence-corrected chi connectivity index (χ3v) is 5.41. The lowest BCUT2D eigenvalue weighted by Gasteiger charge is -2.20. The Balaban J connectivity index is 2.12. The Kier molecular flexibility index (Phi) is 5.26. The van der Waals surface area contributed by atoms with E-state index >= 15 is 0 Å². The maximum Gasteiger partial charge on any atom is 0.0656 e. The average Bonchev–Trinajstić information content (AvgIpc) is 2.82. The Labute approximate surface area is 139 Å². The molecule has 0 aliphatic carbocycles. The highest BCUT2D eigenvalue weighted by atomic mass is 127. The van der Waals surface area contributed by atoms with Gasteiger partial charge in [0.1, 0.15) is 0 Å². The number of hydrogen-bond donors (Lipinski definition) is 1. The van der Waals surface area contributed by atoms with Gasteiger partial charge in [-0.15, -0.1) is 11.3 Å². The lowest BCUT2D eigenvalue weighted by atomic mass is 9.86. The minimum atomic E-state index is 0.227. The van der Waals surface area contributed by atoms with E-state index in [1.807, 2.05) is 18.4 Å². The van der Waals surface area contributed by atoms with E-state index in [4.69, 9.17) is 0 Å². The van der Waals surface area contributed by atoms with E-state index in [1.54, 1.807) is 0 Å². The summed E-state index contributed by atoms with van der Waals surface area (Å²) < 4.78 is 1.35. The summed E-state index contributed by atoms with van der Waals surface area (Å²) in [6, 6.07) is 11.7. The summed E-state index contributed by atoms with van der Waals surface area (Å²) in [5, 5.41) is 5.68. The van der Waals surface area contributed by atoms with Gasteiger partial charge in [-0.1, -0.05) is 45.0 Å². The van der Waals surface area contributed by atoms with Crippen LogP contribution in [0.2, 0.25) is 0 Å². The monoisotopic (exact) mass is 399 g/mol. The molecule has 1 aromatic carbocycles. The molecule has 0 saturated heterocycles. The maximum atomic E-state index is 3.43. The predicted molar refractivity (Wildman–Crippen MR) is 97.7 cm³/mol. The molecule has 1 unspecified atom stereocenters. The van der Waals surface area contributed by atoms with Gasteiger partial charge in [0, 0.05) is 6.04 Å². The van der Waals surface area contributed by atoms with Crippen LogP contribution in [0.5, 0.6) is 0 Å². The molecular weight excluding hydrogens is 377 g/mol. The van der Waals surface area contributed by atoms with E-state index in [0.29, 0.717) is 6.04 Å². The van der Waals surface area contributed by atoms with Crippen molar-refractivity contribution < 1.29 is 0 Å². The molecule has 2 rings (SSSR count). The summed E-state index contributed by atoms with van der Waals surface area (Å²) in [5.41, 5.74) is 4.40. The number of likely N-dealkylation sites (N-methyl/N-ethyl adjacent to an activating group) is 1. The summed E-state index contributed by atoms with van der Waals surface area (Å²) >= 11 is 4.20. The van der Waals surface area contributed by atoms with Crippen LogP contribution < -0.4 is 5.32 Å². The van der Waals surface area contributed by atoms with Gasteiger partial charge in [-0.05, 0) is 69.6 Å². The number of nitrogens with one attached hydrogen (secondary N) is 1. The van der Waals surface area contributed by atoms with E-state index in [-0.39, 0.29) is 5.41 Å². The Morgan fingerprint density at radius 3 is 2.30 bits per heavy atom. The fourth-order valence-electron chi connectivity index (χ4n) is 2.27. The van der Waals surface area contributed by atoms with Crippen molar-refractivity contribution >= 4 is 33.9 Å². The normalized spacial score (nSPS) is 13.4. The molecule has 1 aromatic heterocycles. The first-order valence-electron chi connectivity index (χ1n) is 6.91. The zero-order chi connectivity index (χ0) is 14.8. The quantitative estimate of drug-likeness (QED) is 0.701. The van der Waals surface area contributed by atoms with Gasteiger partial charge in [0.2, 0.25) is 0 Å². The fraction of sp³-hybridized carbons (Fsp3) is 0.412. The molecule has 0 aliphatic heterocycles. The number of thiophene rings is 1. The zero-order valence-corrected chi connectivity index (χ0v) is 15.5. The van der Waals surface area contributed by atoms with Gasteiger partial charge in [0.25, 0.3) is 0 Å². The summed E-state index contributed by atoms with van der Waals surface area (Å²) in [5.74, 6) is 0. The Morgan fingerprint density at radius 1 is 1.20 bits per heavy atom. The van der Waals surface area contributed by atoms with Crippen LogP contribution in [0, 0.1) is 2.88 Å². The van der Waals surface area contributed by atoms with Gasteiger partial charge < -0.3 is 5.32 Å². The van der Waals surface area contributed by atoms with E-state index in [1.165, 1.54) is 19.6 Å². The first-order valence-corrected chi connectivity index (χ1v) is 8.86. The molecule has 1 heterocycles. The standard InChI is InChI=1S/C17H22INS/c1-17(2,3)14-7-5-12(6-8-14)9-15(19-4)13-10-16(18)20-11-13/h5-8,10-11,15,19H,9H2,1-4H3. The van der Waals surface area contributed by atoms with E-state index in [9.17, 15) is 0 Å². The van der Waals surface area contributed by atoms with Crippen molar-refractivity contribution in [2.24, 2.45) is 0 Å². The van der Waals surface area contributed by atoms with Crippen LogP contribution in [0.15, 0.2) is 35.7 Å². The first kappa shape index (κ1) is 16.0. The third kappa shape index (κ3) is 4.06. The molecule has 0 saturated carbocycles. The SMILES string of the molecule is CNC(Cc1ccc(C(C)(C)C)cc1)c1csc(I)c1. The van der Waals surface area contributed by atoms with Crippen molar-refractivity contribution in [2.45, 2.75) is 38.6 Å². The predicted octanol–water partition coefficient (Wildman–Crippen LogP) is 5.15. The molecule has 1 nitrogen and oxygen atoms in total. The van der Waals surface area contributed by atoms with Gasteiger partial charge in [-0.2, -0.15) is 0 Å². The van der Waals surface area contributed by atoms with Crippen LogP contribution in [0.25, 0.3) is 0 Å². The highest BCUT2D eigenvalue weighted by Crippen LogP contribution is 2.26. The molecule has 1 atom stereocenters. The molecule has 2 aromatic rings. The second-order valence-corrected chi connectivity index (χ2v) is 8.98. The van der Waals surface area contributed by atoms with Crippen LogP contribution >= 0.6 is 33.9 Å². The molecule has 20 heavy (non-hydrogen) atoms. The largest absolute Gasteiger partial charge is 0.313 e. The molecule has 1 N–H and O–H groups in total. The molecule has 3 heteroatoms. The van der Waals surface area contributed by atoms with Crippen molar-refractivity contribution in [3.8, 4) is 0 Å². The molecule has 108 valence electrons. The average molecular weight is 399 g/mol. The van der Waals surface area contributed by atoms with Crippen molar-refractivity contribution in [2.75, 3.05) is 7.05 Å². The first-order chi connectivity index (χ1) is 9.40. The minimum Gasteiger partial charge on any atom is -0.313 e. The van der Waals surface area contributed by atoms with Crippen molar-refractivity contribution in [1.29, 1.82) is 0 Å². The van der Waals surface area contributed by atoms with Crippen LogP contribution in [-0.2, 0) is 11.8 Å². The van der Waals surface area contributed by atoms with Crippen LogP contribution in [0.3, 0.4) is 0 Å². The van der Waals surface area contributed by atoms with E-state index < -0.39 is 0 Å². The molecular formula is C17H22INS. The van der Waals surface area contributed by atoms with Gasteiger partial charge in [-0.3, -0.25) is 0 Å². The lowest BCUT2D eigenvalue weighted by molar-refractivity contribution is 0.584. The van der Waals surface area contributed by atoms with Crippen molar-refractivity contribution in [3.63, 3.8) is 0 Å². The number of halogens is 1. The van der Waals surface area contributed by atoms with Crippen LogP contribution in [-0.4, -0.2) is 7.05 Å². The topological polar surface area (TPSA) is 12.0 Å². The number of benzene rings is 1. The highest BCUT2D eigenvalue weighted by molar-refractivity contribution is 14.1. The van der Waals surface area contributed by atoms with Gasteiger partial charge in [-0.25, -0.2) is 0 Å².